The molecule has 96 valence electrons. The van der Waals surface area contributed by atoms with Gasteiger partial charge in [-0.3, -0.25) is 4.79 Å². The van der Waals surface area contributed by atoms with Gasteiger partial charge in [-0.15, -0.1) is 0 Å². The van der Waals surface area contributed by atoms with Crippen molar-refractivity contribution in [1.29, 1.82) is 0 Å². The van der Waals surface area contributed by atoms with Crippen molar-refractivity contribution in [2.24, 2.45) is 5.92 Å². The topological polar surface area (TPSA) is 29.1 Å². The molecular weight excluding hydrogens is 222 g/mol. The van der Waals surface area contributed by atoms with E-state index in [1.165, 1.54) is 36.8 Å². The number of hydrogen-bond acceptors (Lipinski definition) is 1. The molecule has 0 saturated heterocycles. The Hall–Kier alpha value is -1.31. The van der Waals surface area contributed by atoms with Crippen LogP contribution in [0.3, 0.4) is 0 Å². The van der Waals surface area contributed by atoms with E-state index >= 15 is 0 Å². The maximum absolute atomic E-state index is 12.2. The van der Waals surface area contributed by atoms with Crippen LogP contribution in [0.2, 0.25) is 0 Å². The average molecular weight is 243 g/mol. The molecule has 2 aliphatic rings. The minimum absolute atomic E-state index is 0.112. The summed E-state index contributed by atoms with van der Waals surface area (Å²) in [7, 11) is 0. The lowest BCUT2D eigenvalue weighted by Crippen LogP contribution is -2.18. The largest absolute Gasteiger partial charge is 0.325 e. The average Bonchev–Trinajstić information content (AvgIpc) is 2.93. The first-order valence-electron chi connectivity index (χ1n) is 7.11. The Morgan fingerprint density at radius 1 is 1.22 bits per heavy atom. The zero-order valence-corrected chi connectivity index (χ0v) is 11.2. The Morgan fingerprint density at radius 2 is 1.94 bits per heavy atom. The molecule has 1 fully saturated rings. The summed E-state index contributed by atoms with van der Waals surface area (Å²) < 4.78 is 0. The molecule has 1 unspecified atom stereocenters. The van der Waals surface area contributed by atoms with Crippen LogP contribution in [0.4, 0.5) is 5.69 Å². The molecule has 1 N–H and O–H groups in total. The van der Waals surface area contributed by atoms with Gasteiger partial charge in [0.05, 0.1) is 5.92 Å². The van der Waals surface area contributed by atoms with Crippen molar-refractivity contribution in [2.75, 3.05) is 5.32 Å². The molecule has 2 nitrogen and oxygen atoms in total. The summed E-state index contributed by atoms with van der Waals surface area (Å²) >= 11 is 0. The van der Waals surface area contributed by atoms with Crippen LogP contribution in [0.15, 0.2) is 18.2 Å². The third-order valence-electron chi connectivity index (χ3n) is 4.49. The standard InChI is InChI=1S/C16H21NO/c1-10(2)12-7-8-14-13(9-12)15(16(18)17-14)11-5-3-4-6-11/h7-11,15H,3-6H2,1-2H3,(H,17,18). The monoisotopic (exact) mass is 243 g/mol. The Bertz CT molecular complexity index is 472. The number of carbonyl (C=O) groups is 1. The maximum Gasteiger partial charge on any atom is 0.232 e. The first-order chi connectivity index (χ1) is 8.66. The van der Waals surface area contributed by atoms with Crippen molar-refractivity contribution in [3.8, 4) is 0 Å². The second-order valence-electron chi connectivity index (χ2n) is 6.01. The lowest BCUT2D eigenvalue weighted by atomic mass is 9.84. The Balaban J connectivity index is 1.98. The van der Waals surface area contributed by atoms with E-state index in [1.807, 2.05) is 0 Å². The summed E-state index contributed by atoms with van der Waals surface area (Å²) in [6.45, 7) is 4.41. The molecule has 0 aromatic heterocycles. The van der Waals surface area contributed by atoms with Gasteiger partial charge in [-0.2, -0.15) is 0 Å². The van der Waals surface area contributed by atoms with Crippen LogP contribution in [0.5, 0.6) is 0 Å². The SMILES string of the molecule is CC(C)c1ccc2c(c1)C(C1CCCC1)C(=O)N2. The third-order valence-corrected chi connectivity index (χ3v) is 4.49. The molecule has 2 heteroatoms. The molecule has 1 heterocycles. The molecule has 0 radical (unpaired) electrons. The Kier molecular flexibility index (Phi) is 2.89. The molecule has 1 aliphatic heterocycles. The molecular formula is C16H21NO. The third kappa shape index (κ3) is 1.84. The second kappa shape index (κ2) is 4.42. The predicted molar refractivity (Wildman–Crippen MR) is 73.9 cm³/mol. The summed E-state index contributed by atoms with van der Waals surface area (Å²) in [5.74, 6) is 1.42. The molecule has 1 aliphatic carbocycles. The fraction of sp³-hybridized carbons (Fsp3) is 0.562. The predicted octanol–water partition coefficient (Wildman–Crippen LogP) is 4.04. The molecule has 3 rings (SSSR count). The Morgan fingerprint density at radius 3 is 2.61 bits per heavy atom. The van der Waals surface area contributed by atoms with E-state index < -0.39 is 0 Å². The second-order valence-corrected chi connectivity index (χ2v) is 6.01. The number of rotatable bonds is 2. The summed E-state index contributed by atoms with van der Waals surface area (Å²) in [6.07, 6.45) is 4.99. The smallest absolute Gasteiger partial charge is 0.232 e. The van der Waals surface area contributed by atoms with Gasteiger partial charge in [-0.1, -0.05) is 38.8 Å². The van der Waals surface area contributed by atoms with E-state index in [-0.39, 0.29) is 11.8 Å². The van der Waals surface area contributed by atoms with Gasteiger partial charge in [0.2, 0.25) is 5.91 Å². The van der Waals surface area contributed by atoms with Gasteiger partial charge < -0.3 is 5.32 Å². The summed E-state index contributed by atoms with van der Waals surface area (Å²) in [6, 6.07) is 6.47. The highest BCUT2D eigenvalue weighted by molar-refractivity contribution is 6.03. The van der Waals surface area contributed by atoms with Crippen molar-refractivity contribution in [2.45, 2.75) is 51.4 Å². The molecule has 1 aromatic carbocycles. The summed E-state index contributed by atoms with van der Waals surface area (Å²) in [5, 5.41) is 3.05. The van der Waals surface area contributed by atoms with Crippen LogP contribution in [-0.2, 0) is 4.79 Å². The fourth-order valence-electron chi connectivity index (χ4n) is 3.42. The van der Waals surface area contributed by atoms with Gasteiger partial charge in [0.25, 0.3) is 0 Å². The first kappa shape index (κ1) is 11.8. The highest BCUT2D eigenvalue weighted by Crippen LogP contribution is 2.44. The number of fused-ring (bicyclic) bond motifs is 1. The quantitative estimate of drug-likeness (QED) is 0.834. The van der Waals surface area contributed by atoms with Gasteiger partial charge >= 0.3 is 0 Å². The molecule has 1 aromatic rings. The van der Waals surface area contributed by atoms with E-state index in [2.05, 4.69) is 37.4 Å². The number of hydrogen-bond donors (Lipinski definition) is 1. The number of carbonyl (C=O) groups excluding carboxylic acids is 1. The van der Waals surface area contributed by atoms with E-state index in [4.69, 9.17) is 0 Å². The summed E-state index contributed by atoms with van der Waals surface area (Å²) in [5.41, 5.74) is 3.63. The van der Waals surface area contributed by atoms with Crippen molar-refractivity contribution in [1.82, 2.24) is 0 Å². The van der Waals surface area contributed by atoms with E-state index in [1.54, 1.807) is 0 Å². The molecule has 1 atom stereocenters. The molecule has 0 bridgehead atoms. The van der Waals surface area contributed by atoms with Crippen LogP contribution in [0.25, 0.3) is 0 Å². The zero-order valence-electron chi connectivity index (χ0n) is 11.2. The highest BCUT2D eigenvalue weighted by Gasteiger charge is 2.38. The van der Waals surface area contributed by atoms with Crippen LogP contribution < -0.4 is 5.32 Å². The van der Waals surface area contributed by atoms with Gasteiger partial charge in [0.15, 0.2) is 0 Å². The number of amides is 1. The van der Waals surface area contributed by atoms with Gasteiger partial charge in [-0.05, 0) is 41.9 Å². The van der Waals surface area contributed by atoms with Crippen molar-refractivity contribution in [3.63, 3.8) is 0 Å². The number of benzene rings is 1. The van der Waals surface area contributed by atoms with E-state index in [0.29, 0.717) is 11.8 Å². The lowest BCUT2D eigenvalue weighted by Gasteiger charge is -2.17. The molecule has 0 spiro atoms. The maximum atomic E-state index is 12.2. The fourth-order valence-corrected chi connectivity index (χ4v) is 3.42. The van der Waals surface area contributed by atoms with Crippen LogP contribution >= 0.6 is 0 Å². The molecule has 1 saturated carbocycles. The van der Waals surface area contributed by atoms with Crippen molar-refractivity contribution < 1.29 is 4.79 Å². The minimum atomic E-state index is 0.112. The van der Waals surface area contributed by atoms with E-state index in [0.717, 1.165) is 5.69 Å². The number of anilines is 1. The van der Waals surface area contributed by atoms with Crippen LogP contribution in [0, 0.1) is 5.92 Å². The van der Waals surface area contributed by atoms with E-state index in [9.17, 15) is 4.79 Å². The first-order valence-corrected chi connectivity index (χ1v) is 7.11. The molecule has 18 heavy (non-hydrogen) atoms. The normalized spacial score (nSPS) is 23.5. The van der Waals surface area contributed by atoms with Crippen molar-refractivity contribution >= 4 is 11.6 Å². The van der Waals surface area contributed by atoms with Gasteiger partial charge in [-0.25, -0.2) is 0 Å². The van der Waals surface area contributed by atoms with Crippen LogP contribution in [0.1, 0.15) is 62.5 Å². The summed E-state index contributed by atoms with van der Waals surface area (Å²) in [4.78, 5) is 12.2. The lowest BCUT2D eigenvalue weighted by molar-refractivity contribution is -0.118. The Labute approximate surface area is 109 Å². The van der Waals surface area contributed by atoms with Gasteiger partial charge in [0.1, 0.15) is 0 Å². The highest BCUT2D eigenvalue weighted by atomic mass is 16.2. The van der Waals surface area contributed by atoms with Crippen LogP contribution in [-0.4, -0.2) is 5.91 Å². The number of nitrogens with one attached hydrogen (secondary N) is 1. The minimum Gasteiger partial charge on any atom is -0.325 e. The molecule has 1 amide bonds. The van der Waals surface area contributed by atoms with Gasteiger partial charge in [0, 0.05) is 5.69 Å². The van der Waals surface area contributed by atoms with Crippen molar-refractivity contribution in [3.05, 3.63) is 29.3 Å². The zero-order chi connectivity index (χ0) is 12.7.